The van der Waals surface area contributed by atoms with Gasteiger partial charge in [-0.1, -0.05) is 12.1 Å². The molecule has 2 aromatic rings. The van der Waals surface area contributed by atoms with Gasteiger partial charge in [0.2, 0.25) is 5.91 Å². The zero-order valence-electron chi connectivity index (χ0n) is 18.9. The van der Waals surface area contributed by atoms with Crippen molar-refractivity contribution in [2.45, 2.75) is 51.7 Å². The van der Waals surface area contributed by atoms with Crippen molar-refractivity contribution >= 4 is 17.7 Å². The van der Waals surface area contributed by atoms with E-state index in [9.17, 15) is 14.4 Å². The van der Waals surface area contributed by atoms with E-state index in [1.165, 1.54) is 0 Å². The minimum Gasteiger partial charge on any atom is -0.484 e. The molecule has 2 atom stereocenters. The average molecular weight is 438 g/mol. The van der Waals surface area contributed by atoms with E-state index >= 15 is 0 Å². The third-order valence-electron chi connectivity index (χ3n) is 5.92. The van der Waals surface area contributed by atoms with Crippen LogP contribution in [0, 0.1) is 0 Å². The number of hydrogen-bond donors (Lipinski definition) is 1. The number of benzene rings is 2. The van der Waals surface area contributed by atoms with Gasteiger partial charge in [0.15, 0.2) is 6.61 Å². The predicted molar refractivity (Wildman–Crippen MR) is 122 cm³/mol. The van der Waals surface area contributed by atoms with Crippen LogP contribution in [0.15, 0.2) is 48.5 Å². The number of primary amides is 1. The van der Waals surface area contributed by atoms with Crippen molar-refractivity contribution in [1.29, 1.82) is 0 Å². The molecule has 170 valence electrons. The van der Waals surface area contributed by atoms with E-state index in [0.29, 0.717) is 23.4 Å². The summed E-state index contributed by atoms with van der Waals surface area (Å²) in [4.78, 5) is 40.2. The number of piperidine rings is 1. The molecule has 7 heteroatoms. The van der Waals surface area contributed by atoms with Gasteiger partial charge in [0.05, 0.1) is 0 Å². The van der Waals surface area contributed by atoms with E-state index in [2.05, 4.69) is 13.8 Å². The summed E-state index contributed by atoms with van der Waals surface area (Å²) in [6.07, 6.45) is 3.19. The molecule has 2 N–H and O–H groups in total. The van der Waals surface area contributed by atoms with Gasteiger partial charge < -0.3 is 20.3 Å². The molecule has 2 aromatic carbocycles. The second-order valence-corrected chi connectivity index (χ2v) is 8.47. The topological polar surface area (TPSA) is 92.9 Å². The van der Waals surface area contributed by atoms with E-state index in [0.717, 1.165) is 24.8 Å². The van der Waals surface area contributed by atoms with Crippen LogP contribution in [-0.4, -0.2) is 53.3 Å². The maximum Gasteiger partial charge on any atom is 0.260 e. The molecular weight excluding hydrogens is 406 g/mol. The minimum absolute atomic E-state index is 0.0113. The highest BCUT2D eigenvalue weighted by atomic mass is 16.5. The molecule has 0 saturated carbocycles. The van der Waals surface area contributed by atoms with E-state index in [1.54, 1.807) is 54.4 Å². The standard InChI is InChI=1S/C25H31N3O4/c1-17-6-4-7-18(2)28(17)23(29)16-32-22-12-10-20(11-13-22)25(31)27(3)15-19-8-5-9-21(14-19)24(26)30/h5,8-14,17-18H,4,6-7,15-16H2,1-3H3,(H2,26,30). The van der Waals surface area contributed by atoms with Gasteiger partial charge in [-0.3, -0.25) is 14.4 Å². The molecule has 1 aliphatic rings. The van der Waals surface area contributed by atoms with E-state index < -0.39 is 5.91 Å². The molecule has 3 amide bonds. The van der Waals surface area contributed by atoms with E-state index in [-0.39, 0.29) is 30.5 Å². The number of carbonyl (C=O) groups is 3. The normalized spacial score (nSPS) is 18.2. The lowest BCUT2D eigenvalue weighted by Gasteiger charge is -2.38. The van der Waals surface area contributed by atoms with Gasteiger partial charge in [-0.05, 0) is 75.1 Å². The Labute approximate surface area is 189 Å². The van der Waals surface area contributed by atoms with Crippen LogP contribution in [0.4, 0.5) is 0 Å². The first-order valence-corrected chi connectivity index (χ1v) is 10.9. The van der Waals surface area contributed by atoms with Gasteiger partial charge in [-0.2, -0.15) is 0 Å². The summed E-state index contributed by atoms with van der Waals surface area (Å²) < 4.78 is 5.68. The van der Waals surface area contributed by atoms with Gasteiger partial charge in [0.25, 0.3) is 11.8 Å². The van der Waals surface area contributed by atoms with Crippen molar-refractivity contribution < 1.29 is 19.1 Å². The Balaban J connectivity index is 1.56. The molecule has 0 aromatic heterocycles. The summed E-state index contributed by atoms with van der Waals surface area (Å²) in [5, 5.41) is 0. The van der Waals surface area contributed by atoms with Crippen LogP contribution in [0.3, 0.4) is 0 Å². The van der Waals surface area contributed by atoms with Crippen LogP contribution < -0.4 is 10.5 Å². The maximum atomic E-state index is 12.8. The van der Waals surface area contributed by atoms with Crippen molar-refractivity contribution in [3.05, 3.63) is 65.2 Å². The average Bonchev–Trinajstić information content (AvgIpc) is 2.77. The van der Waals surface area contributed by atoms with E-state index in [1.807, 2.05) is 11.0 Å². The fraction of sp³-hybridized carbons (Fsp3) is 0.400. The smallest absolute Gasteiger partial charge is 0.260 e. The van der Waals surface area contributed by atoms with Crippen molar-refractivity contribution in [2.24, 2.45) is 5.73 Å². The van der Waals surface area contributed by atoms with Crippen molar-refractivity contribution in [2.75, 3.05) is 13.7 Å². The number of carbonyl (C=O) groups excluding carboxylic acids is 3. The number of likely N-dealkylation sites (tertiary alicyclic amines) is 1. The summed E-state index contributed by atoms with van der Waals surface area (Å²) in [7, 11) is 1.70. The van der Waals surface area contributed by atoms with Crippen molar-refractivity contribution in [3.8, 4) is 5.75 Å². The molecule has 0 bridgehead atoms. The van der Waals surface area contributed by atoms with Crippen molar-refractivity contribution in [1.82, 2.24) is 9.80 Å². The van der Waals surface area contributed by atoms with E-state index in [4.69, 9.17) is 10.5 Å². The van der Waals surface area contributed by atoms with Crippen LogP contribution >= 0.6 is 0 Å². The van der Waals surface area contributed by atoms with Crippen LogP contribution in [0.25, 0.3) is 0 Å². The largest absolute Gasteiger partial charge is 0.484 e. The molecule has 1 heterocycles. The Hall–Kier alpha value is -3.35. The van der Waals surface area contributed by atoms with Crippen LogP contribution in [0.2, 0.25) is 0 Å². The number of rotatable bonds is 7. The molecule has 1 saturated heterocycles. The van der Waals surface area contributed by atoms with Gasteiger partial charge in [0.1, 0.15) is 5.75 Å². The molecule has 0 radical (unpaired) electrons. The molecule has 0 spiro atoms. The monoisotopic (exact) mass is 437 g/mol. The predicted octanol–water partition coefficient (Wildman–Crippen LogP) is 3.23. The SMILES string of the molecule is CC1CCCC(C)N1C(=O)COc1ccc(C(=O)N(C)Cc2cccc(C(N)=O)c2)cc1. The molecule has 2 unspecified atom stereocenters. The number of nitrogens with two attached hydrogens (primary N) is 1. The van der Waals surface area contributed by atoms with Gasteiger partial charge >= 0.3 is 0 Å². The van der Waals surface area contributed by atoms with Gasteiger partial charge in [-0.25, -0.2) is 0 Å². The Morgan fingerprint density at radius 1 is 1.03 bits per heavy atom. The molecule has 1 aliphatic heterocycles. The van der Waals surface area contributed by atoms with Crippen LogP contribution in [-0.2, 0) is 11.3 Å². The van der Waals surface area contributed by atoms with Crippen molar-refractivity contribution in [3.63, 3.8) is 0 Å². The molecule has 3 rings (SSSR count). The quantitative estimate of drug-likeness (QED) is 0.720. The first-order valence-electron chi connectivity index (χ1n) is 10.9. The number of amides is 3. The highest BCUT2D eigenvalue weighted by Crippen LogP contribution is 2.23. The number of nitrogens with zero attached hydrogens (tertiary/aromatic N) is 2. The first-order chi connectivity index (χ1) is 15.3. The lowest BCUT2D eigenvalue weighted by molar-refractivity contribution is -0.139. The lowest BCUT2D eigenvalue weighted by atomic mass is 9.97. The number of ether oxygens (including phenoxy) is 1. The zero-order chi connectivity index (χ0) is 23.3. The Morgan fingerprint density at radius 2 is 1.69 bits per heavy atom. The molecule has 32 heavy (non-hydrogen) atoms. The second-order valence-electron chi connectivity index (χ2n) is 8.47. The third-order valence-corrected chi connectivity index (χ3v) is 5.92. The first kappa shape index (κ1) is 23.3. The highest BCUT2D eigenvalue weighted by molar-refractivity contribution is 5.94. The lowest BCUT2D eigenvalue weighted by Crippen LogP contribution is -2.49. The minimum atomic E-state index is -0.501. The summed E-state index contributed by atoms with van der Waals surface area (Å²) in [5.41, 5.74) is 7.06. The second kappa shape index (κ2) is 10.3. The highest BCUT2D eigenvalue weighted by Gasteiger charge is 2.29. The van der Waals surface area contributed by atoms with Crippen LogP contribution in [0.1, 0.15) is 59.4 Å². The Bertz CT molecular complexity index is 963. The molecule has 0 aliphatic carbocycles. The Kier molecular flexibility index (Phi) is 7.51. The number of hydrogen-bond acceptors (Lipinski definition) is 4. The summed E-state index contributed by atoms with van der Waals surface area (Å²) in [6.45, 7) is 4.49. The zero-order valence-corrected chi connectivity index (χ0v) is 18.9. The Morgan fingerprint density at radius 3 is 2.31 bits per heavy atom. The summed E-state index contributed by atoms with van der Waals surface area (Å²) in [5.74, 6) is -0.126. The van der Waals surface area contributed by atoms with Gasteiger partial charge in [-0.15, -0.1) is 0 Å². The third kappa shape index (κ3) is 5.66. The molecule has 7 nitrogen and oxygen atoms in total. The van der Waals surface area contributed by atoms with Crippen LogP contribution in [0.5, 0.6) is 5.75 Å². The molecule has 1 fully saturated rings. The van der Waals surface area contributed by atoms with Gasteiger partial charge in [0, 0.05) is 36.8 Å². The fourth-order valence-corrected chi connectivity index (χ4v) is 4.22. The fourth-order valence-electron chi connectivity index (χ4n) is 4.22. The summed E-state index contributed by atoms with van der Waals surface area (Å²) in [6, 6.07) is 14.1. The summed E-state index contributed by atoms with van der Waals surface area (Å²) >= 11 is 0. The molecular formula is C25H31N3O4. The maximum absolute atomic E-state index is 12.8.